The van der Waals surface area contributed by atoms with Crippen LogP contribution in [0, 0.1) is 0 Å². The van der Waals surface area contributed by atoms with Crippen LogP contribution in [0.5, 0.6) is 0 Å². The lowest BCUT2D eigenvalue weighted by molar-refractivity contribution is -0.138. The molecule has 0 unspecified atom stereocenters. The lowest BCUT2D eigenvalue weighted by Crippen LogP contribution is -2.46. The first kappa shape index (κ1) is 14.8. The zero-order valence-electron chi connectivity index (χ0n) is 12.0. The molecule has 0 aromatic carbocycles. The molecule has 0 aromatic rings. The largest absolute Gasteiger partial charge is 0.480 e. The summed E-state index contributed by atoms with van der Waals surface area (Å²) in [4.78, 5) is 28.9. The summed E-state index contributed by atoms with van der Waals surface area (Å²) in [6.45, 7) is 6.33. The number of urea groups is 1. The predicted molar refractivity (Wildman–Crippen MR) is 75.6 cm³/mol. The summed E-state index contributed by atoms with van der Waals surface area (Å²) in [7, 11) is 0. The second-order valence-corrected chi connectivity index (χ2v) is 5.55. The number of hydrogen-bond donors (Lipinski definition) is 1. The van der Waals surface area contributed by atoms with Crippen LogP contribution in [0.15, 0.2) is 11.6 Å². The Hall–Kier alpha value is -1.56. The minimum absolute atomic E-state index is 0.0631. The van der Waals surface area contributed by atoms with Crippen LogP contribution < -0.4 is 0 Å². The van der Waals surface area contributed by atoms with Gasteiger partial charge in [0.15, 0.2) is 0 Å². The third-order valence-electron chi connectivity index (χ3n) is 3.82. The van der Waals surface area contributed by atoms with Gasteiger partial charge in [-0.3, -0.25) is 9.69 Å². The molecule has 0 bridgehead atoms. The minimum Gasteiger partial charge on any atom is -0.480 e. The van der Waals surface area contributed by atoms with Gasteiger partial charge in [0, 0.05) is 39.3 Å². The molecule has 0 aliphatic carbocycles. The molecule has 0 radical (unpaired) electrons. The highest BCUT2D eigenvalue weighted by atomic mass is 16.4. The van der Waals surface area contributed by atoms with E-state index in [2.05, 4.69) is 13.0 Å². The molecule has 2 aliphatic heterocycles. The van der Waals surface area contributed by atoms with Gasteiger partial charge in [-0.05, 0) is 19.8 Å². The molecule has 112 valence electrons. The molecule has 0 spiro atoms. The van der Waals surface area contributed by atoms with Gasteiger partial charge in [0.1, 0.15) is 0 Å². The number of carboxylic acid groups (broad SMARTS) is 1. The Balaban J connectivity index is 1.88. The van der Waals surface area contributed by atoms with E-state index in [9.17, 15) is 9.59 Å². The Bertz CT molecular complexity index is 408. The van der Waals surface area contributed by atoms with E-state index in [1.807, 2.05) is 14.7 Å². The minimum atomic E-state index is -0.804. The number of nitrogens with zero attached hydrogens (tertiary/aromatic N) is 3. The monoisotopic (exact) mass is 281 g/mol. The topological polar surface area (TPSA) is 64.1 Å². The maximum atomic E-state index is 12.5. The highest BCUT2D eigenvalue weighted by Gasteiger charge is 2.25. The van der Waals surface area contributed by atoms with E-state index in [0.29, 0.717) is 26.2 Å². The average Bonchev–Trinajstić information content (AvgIpc) is 2.63. The van der Waals surface area contributed by atoms with Gasteiger partial charge < -0.3 is 14.9 Å². The number of amides is 2. The summed E-state index contributed by atoms with van der Waals surface area (Å²) in [6.07, 6.45) is 3.94. The van der Waals surface area contributed by atoms with Crippen molar-refractivity contribution in [2.45, 2.75) is 19.8 Å². The summed E-state index contributed by atoms with van der Waals surface area (Å²) in [5.74, 6) is -0.804. The van der Waals surface area contributed by atoms with E-state index in [1.54, 1.807) is 0 Å². The first-order valence-corrected chi connectivity index (χ1v) is 7.20. The van der Waals surface area contributed by atoms with Crippen LogP contribution in [-0.4, -0.2) is 77.6 Å². The molecule has 1 saturated heterocycles. The van der Waals surface area contributed by atoms with E-state index in [0.717, 1.165) is 25.9 Å². The maximum Gasteiger partial charge on any atom is 0.320 e. The second kappa shape index (κ2) is 6.74. The quantitative estimate of drug-likeness (QED) is 0.762. The van der Waals surface area contributed by atoms with Crippen molar-refractivity contribution < 1.29 is 14.7 Å². The predicted octanol–water partition coefficient (Wildman–Crippen LogP) is 0.851. The summed E-state index contributed by atoms with van der Waals surface area (Å²) >= 11 is 0. The van der Waals surface area contributed by atoms with Crippen LogP contribution in [0.2, 0.25) is 0 Å². The molecule has 6 heteroatoms. The average molecular weight is 281 g/mol. The molecular formula is C14H23N3O3. The fraction of sp³-hybridized carbons (Fsp3) is 0.714. The molecule has 0 aromatic heterocycles. The fourth-order valence-corrected chi connectivity index (χ4v) is 2.79. The number of carboxylic acids is 1. The summed E-state index contributed by atoms with van der Waals surface area (Å²) in [5, 5.41) is 8.83. The SMILES string of the molecule is CC1=CCCN(C(=O)N2CCCN(CC(=O)O)CC2)C1. The molecule has 2 heterocycles. The lowest BCUT2D eigenvalue weighted by atomic mass is 10.1. The maximum absolute atomic E-state index is 12.5. The molecule has 0 atom stereocenters. The van der Waals surface area contributed by atoms with Crippen LogP contribution in [0.4, 0.5) is 4.79 Å². The number of carbonyl (C=O) groups is 2. The number of aliphatic carboxylic acids is 1. The fourth-order valence-electron chi connectivity index (χ4n) is 2.79. The van der Waals surface area contributed by atoms with Gasteiger partial charge in [0.05, 0.1) is 6.54 Å². The number of hydrogen-bond acceptors (Lipinski definition) is 3. The van der Waals surface area contributed by atoms with Crippen molar-refractivity contribution in [2.75, 3.05) is 45.8 Å². The molecule has 2 rings (SSSR count). The van der Waals surface area contributed by atoms with Crippen molar-refractivity contribution in [3.8, 4) is 0 Å². The van der Waals surface area contributed by atoms with Crippen molar-refractivity contribution >= 4 is 12.0 Å². The van der Waals surface area contributed by atoms with Crippen molar-refractivity contribution in [3.05, 3.63) is 11.6 Å². The van der Waals surface area contributed by atoms with Gasteiger partial charge in [0.2, 0.25) is 0 Å². The van der Waals surface area contributed by atoms with Crippen LogP contribution in [0.25, 0.3) is 0 Å². The zero-order chi connectivity index (χ0) is 14.5. The van der Waals surface area contributed by atoms with Crippen molar-refractivity contribution in [3.63, 3.8) is 0 Å². The summed E-state index contributed by atoms with van der Waals surface area (Å²) in [5.41, 5.74) is 1.24. The molecule has 6 nitrogen and oxygen atoms in total. The van der Waals surface area contributed by atoms with Crippen LogP contribution in [0.3, 0.4) is 0 Å². The van der Waals surface area contributed by atoms with E-state index in [1.165, 1.54) is 5.57 Å². The molecule has 1 N–H and O–H groups in total. The summed E-state index contributed by atoms with van der Waals surface area (Å²) in [6, 6.07) is 0.0922. The second-order valence-electron chi connectivity index (χ2n) is 5.55. The first-order chi connectivity index (χ1) is 9.56. The number of rotatable bonds is 2. The van der Waals surface area contributed by atoms with Crippen LogP contribution >= 0.6 is 0 Å². The van der Waals surface area contributed by atoms with Crippen molar-refractivity contribution in [1.29, 1.82) is 0 Å². The smallest absolute Gasteiger partial charge is 0.320 e. The van der Waals surface area contributed by atoms with Gasteiger partial charge in [0.25, 0.3) is 0 Å². The molecule has 20 heavy (non-hydrogen) atoms. The molecule has 1 fully saturated rings. The molecule has 2 amide bonds. The normalized spacial score (nSPS) is 21.4. The van der Waals surface area contributed by atoms with Gasteiger partial charge >= 0.3 is 12.0 Å². The van der Waals surface area contributed by atoms with Gasteiger partial charge in [-0.15, -0.1) is 0 Å². The van der Waals surface area contributed by atoms with Gasteiger partial charge in [-0.25, -0.2) is 4.79 Å². The Labute approximate surface area is 119 Å². The summed E-state index contributed by atoms with van der Waals surface area (Å²) < 4.78 is 0. The third-order valence-corrected chi connectivity index (χ3v) is 3.82. The Kier molecular flexibility index (Phi) is 5.00. The molecular weight excluding hydrogens is 258 g/mol. The Morgan fingerprint density at radius 2 is 1.95 bits per heavy atom. The van der Waals surface area contributed by atoms with Crippen LogP contribution in [0.1, 0.15) is 19.8 Å². The van der Waals surface area contributed by atoms with E-state index < -0.39 is 5.97 Å². The zero-order valence-corrected chi connectivity index (χ0v) is 12.0. The number of carbonyl (C=O) groups excluding carboxylic acids is 1. The molecule has 2 aliphatic rings. The van der Waals surface area contributed by atoms with Gasteiger partial charge in [-0.1, -0.05) is 11.6 Å². The Morgan fingerprint density at radius 1 is 1.15 bits per heavy atom. The lowest BCUT2D eigenvalue weighted by Gasteiger charge is -2.32. The molecule has 0 saturated carbocycles. The highest BCUT2D eigenvalue weighted by Crippen LogP contribution is 2.13. The van der Waals surface area contributed by atoms with E-state index >= 15 is 0 Å². The first-order valence-electron chi connectivity index (χ1n) is 7.20. The third kappa shape index (κ3) is 3.96. The van der Waals surface area contributed by atoms with Crippen LogP contribution in [-0.2, 0) is 4.79 Å². The Morgan fingerprint density at radius 3 is 2.65 bits per heavy atom. The van der Waals surface area contributed by atoms with E-state index in [-0.39, 0.29) is 12.6 Å². The van der Waals surface area contributed by atoms with Crippen molar-refractivity contribution in [2.24, 2.45) is 0 Å². The standard InChI is InChI=1S/C14H23N3O3/c1-12-4-2-6-17(10-12)14(20)16-7-3-5-15(8-9-16)11-13(18)19/h4H,2-3,5-11H2,1H3,(H,18,19). The van der Waals surface area contributed by atoms with E-state index in [4.69, 9.17) is 5.11 Å². The highest BCUT2D eigenvalue weighted by molar-refractivity contribution is 5.75. The van der Waals surface area contributed by atoms with Crippen molar-refractivity contribution in [1.82, 2.24) is 14.7 Å². The van der Waals surface area contributed by atoms with Gasteiger partial charge in [-0.2, -0.15) is 0 Å².